The van der Waals surface area contributed by atoms with Crippen LogP contribution in [0, 0.1) is 6.92 Å². The van der Waals surface area contributed by atoms with Gasteiger partial charge in [0.25, 0.3) is 0 Å². The number of carbonyl (C=O) groups excluding carboxylic acids is 2. The lowest BCUT2D eigenvalue weighted by atomic mass is 10.1. The standard InChI is InChI=1S/C21H18N2O3S/c1-14-22-19(13-27-14)16-8-10-18(11-9-16)23-20(24)12-5-15-3-6-17(7-4-15)21(25)26-2/h3-13H,1-2H3,(H,23,24)/b12-5+. The second-order valence-corrected chi connectivity index (χ2v) is 6.83. The topological polar surface area (TPSA) is 68.3 Å². The lowest BCUT2D eigenvalue weighted by Crippen LogP contribution is -2.07. The Kier molecular flexibility index (Phi) is 5.78. The highest BCUT2D eigenvalue weighted by molar-refractivity contribution is 7.09. The van der Waals surface area contributed by atoms with Gasteiger partial charge in [-0.3, -0.25) is 4.79 Å². The van der Waals surface area contributed by atoms with Crippen molar-refractivity contribution in [2.45, 2.75) is 6.92 Å². The molecular formula is C21H18N2O3S. The van der Waals surface area contributed by atoms with E-state index in [2.05, 4.69) is 15.0 Å². The number of nitrogens with zero attached hydrogens (tertiary/aromatic N) is 1. The van der Waals surface area contributed by atoms with Gasteiger partial charge in [0.1, 0.15) is 0 Å². The second-order valence-electron chi connectivity index (χ2n) is 5.77. The number of carbonyl (C=O) groups is 2. The molecule has 1 heterocycles. The Hall–Kier alpha value is -3.25. The van der Waals surface area contributed by atoms with Crippen molar-refractivity contribution in [2.75, 3.05) is 12.4 Å². The Morgan fingerprint density at radius 1 is 1.07 bits per heavy atom. The first-order valence-corrected chi connectivity index (χ1v) is 9.13. The molecule has 136 valence electrons. The van der Waals surface area contributed by atoms with Crippen molar-refractivity contribution in [3.05, 3.63) is 76.1 Å². The molecule has 1 aromatic heterocycles. The summed E-state index contributed by atoms with van der Waals surface area (Å²) in [6.07, 6.45) is 3.13. The molecule has 0 saturated heterocycles. The van der Waals surface area contributed by atoms with Crippen LogP contribution in [0.25, 0.3) is 17.3 Å². The minimum absolute atomic E-state index is 0.232. The zero-order valence-electron chi connectivity index (χ0n) is 14.9. The third-order valence-electron chi connectivity index (χ3n) is 3.83. The Morgan fingerprint density at radius 3 is 2.37 bits per heavy atom. The number of hydrogen-bond acceptors (Lipinski definition) is 5. The maximum atomic E-state index is 12.1. The maximum absolute atomic E-state index is 12.1. The first-order chi connectivity index (χ1) is 13.0. The van der Waals surface area contributed by atoms with E-state index in [0.29, 0.717) is 11.3 Å². The molecule has 0 aliphatic rings. The van der Waals surface area contributed by atoms with E-state index in [-0.39, 0.29) is 11.9 Å². The molecule has 1 amide bonds. The third kappa shape index (κ3) is 4.89. The summed E-state index contributed by atoms with van der Waals surface area (Å²) in [6, 6.07) is 14.4. The number of ether oxygens (including phenoxy) is 1. The molecule has 6 heteroatoms. The van der Waals surface area contributed by atoms with E-state index in [0.717, 1.165) is 21.8 Å². The van der Waals surface area contributed by atoms with Gasteiger partial charge in [-0.2, -0.15) is 0 Å². The molecule has 3 rings (SSSR count). The lowest BCUT2D eigenvalue weighted by molar-refractivity contribution is -0.111. The number of amides is 1. The monoisotopic (exact) mass is 378 g/mol. The summed E-state index contributed by atoms with van der Waals surface area (Å²) < 4.78 is 4.65. The first kappa shape index (κ1) is 18.5. The highest BCUT2D eigenvalue weighted by atomic mass is 32.1. The zero-order valence-corrected chi connectivity index (χ0v) is 15.7. The molecule has 2 aromatic carbocycles. The summed E-state index contributed by atoms with van der Waals surface area (Å²) in [6.45, 7) is 1.97. The minimum Gasteiger partial charge on any atom is -0.465 e. The summed E-state index contributed by atoms with van der Waals surface area (Å²) in [5.41, 5.74) is 3.94. The fourth-order valence-electron chi connectivity index (χ4n) is 2.42. The van der Waals surface area contributed by atoms with Crippen LogP contribution in [0.5, 0.6) is 0 Å². The average Bonchev–Trinajstić information content (AvgIpc) is 3.13. The molecule has 0 unspecified atom stereocenters. The Morgan fingerprint density at radius 2 is 1.78 bits per heavy atom. The molecule has 0 spiro atoms. The number of anilines is 1. The second kappa shape index (κ2) is 8.42. The average molecular weight is 378 g/mol. The van der Waals surface area contributed by atoms with Gasteiger partial charge in [0, 0.05) is 22.7 Å². The highest BCUT2D eigenvalue weighted by Crippen LogP contribution is 2.23. The Balaban J connectivity index is 1.60. The van der Waals surface area contributed by atoms with Gasteiger partial charge in [-0.15, -0.1) is 11.3 Å². The van der Waals surface area contributed by atoms with Gasteiger partial charge in [-0.05, 0) is 42.8 Å². The van der Waals surface area contributed by atoms with Crippen molar-refractivity contribution in [3.63, 3.8) is 0 Å². The Bertz CT molecular complexity index is 973. The molecule has 1 N–H and O–H groups in total. The molecule has 0 saturated carbocycles. The fourth-order valence-corrected chi connectivity index (χ4v) is 3.05. The predicted octanol–water partition coefficient (Wildman–Crippen LogP) is 4.56. The van der Waals surface area contributed by atoms with E-state index in [4.69, 9.17) is 0 Å². The van der Waals surface area contributed by atoms with Crippen LogP contribution in [0.1, 0.15) is 20.9 Å². The summed E-state index contributed by atoms with van der Waals surface area (Å²) in [5, 5.41) is 5.85. The SMILES string of the molecule is COC(=O)c1ccc(/C=C/C(=O)Nc2ccc(-c3csc(C)n3)cc2)cc1. The number of aromatic nitrogens is 1. The van der Waals surface area contributed by atoms with Gasteiger partial charge in [0.05, 0.1) is 23.4 Å². The van der Waals surface area contributed by atoms with Crippen LogP contribution in [0.2, 0.25) is 0 Å². The lowest BCUT2D eigenvalue weighted by Gasteiger charge is -2.03. The number of benzene rings is 2. The van der Waals surface area contributed by atoms with Gasteiger partial charge >= 0.3 is 5.97 Å². The van der Waals surface area contributed by atoms with E-state index >= 15 is 0 Å². The van der Waals surface area contributed by atoms with Crippen molar-refractivity contribution in [2.24, 2.45) is 0 Å². The van der Waals surface area contributed by atoms with Gasteiger partial charge in [0.15, 0.2) is 0 Å². The molecule has 0 aliphatic carbocycles. The van der Waals surface area contributed by atoms with Crippen molar-refractivity contribution in [1.82, 2.24) is 4.98 Å². The number of aryl methyl sites for hydroxylation is 1. The fraction of sp³-hybridized carbons (Fsp3) is 0.0952. The van der Waals surface area contributed by atoms with Crippen molar-refractivity contribution in [1.29, 1.82) is 0 Å². The predicted molar refractivity (Wildman–Crippen MR) is 108 cm³/mol. The highest BCUT2D eigenvalue weighted by Gasteiger charge is 2.05. The van der Waals surface area contributed by atoms with Crippen molar-refractivity contribution >= 4 is 35.0 Å². The largest absolute Gasteiger partial charge is 0.465 e. The number of rotatable bonds is 5. The normalized spacial score (nSPS) is 10.7. The van der Waals surface area contributed by atoms with Crippen LogP contribution in [0.4, 0.5) is 5.69 Å². The zero-order chi connectivity index (χ0) is 19.2. The van der Waals surface area contributed by atoms with Crippen molar-refractivity contribution in [3.8, 4) is 11.3 Å². The van der Waals surface area contributed by atoms with Gasteiger partial charge < -0.3 is 10.1 Å². The van der Waals surface area contributed by atoms with E-state index < -0.39 is 0 Å². The molecule has 27 heavy (non-hydrogen) atoms. The molecule has 0 aliphatic heterocycles. The summed E-state index contributed by atoms with van der Waals surface area (Å²) in [4.78, 5) is 27.9. The van der Waals surface area contributed by atoms with Gasteiger partial charge in [0.2, 0.25) is 5.91 Å². The van der Waals surface area contributed by atoms with E-state index in [1.165, 1.54) is 13.2 Å². The van der Waals surface area contributed by atoms with Crippen LogP contribution < -0.4 is 5.32 Å². The molecule has 5 nitrogen and oxygen atoms in total. The Labute approximate surface area is 161 Å². The number of thiazole rings is 1. The van der Waals surface area contributed by atoms with Crippen LogP contribution >= 0.6 is 11.3 Å². The van der Waals surface area contributed by atoms with Crippen LogP contribution in [0.3, 0.4) is 0 Å². The molecule has 0 bridgehead atoms. The number of esters is 1. The minimum atomic E-state index is -0.389. The number of methoxy groups -OCH3 is 1. The quantitative estimate of drug-likeness (QED) is 0.522. The maximum Gasteiger partial charge on any atom is 0.337 e. The summed E-state index contributed by atoms with van der Waals surface area (Å²) in [7, 11) is 1.34. The van der Waals surface area contributed by atoms with Crippen molar-refractivity contribution < 1.29 is 14.3 Å². The third-order valence-corrected chi connectivity index (χ3v) is 4.60. The molecule has 0 fully saturated rings. The molecular weight excluding hydrogens is 360 g/mol. The number of hydrogen-bond donors (Lipinski definition) is 1. The molecule has 0 radical (unpaired) electrons. The van der Waals surface area contributed by atoms with E-state index in [9.17, 15) is 9.59 Å². The van der Waals surface area contributed by atoms with Crippen LogP contribution in [-0.2, 0) is 9.53 Å². The molecule has 3 aromatic rings. The summed E-state index contributed by atoms with van der Waals surface area (Å²) in [5.74, 6) is -0.621. The van der Waals surface area contributed by atoms with E-state index in [1.54, 1.807) is 41.7 Å². The van der Waals surface area contributed by atoms with Gasteiger partial charge in [-0.25, -0.2) is 9.78 Å². The first-order valence-electron chi connectivity index (χ1n) is 8.25. The number of nitrogens with one attached hydrogen (secondary N) is 1. The van der Waals surface area contributed by atoms with Crippen LogP contribution in [-0.4, -0.2) is 24.0 Å². The summed E-state index contributed by atoms with van der Waals surface area (Å²) >= 11 is 1.61. The van der Waals surface area contributed by atoms with Crippen LogP contribution in [0.15, 0.2) is 60.0 Å². The molecule has 0 atom stereocenters. The van der Waals surface area contributed by atoms with Gasteiger partial charge in [-0.1, -0.05) is 24.3 Å². The smallest absolute Gasteiger partial charge is 0.337 e. The van der Waals surface area contributed by atoms with E-state index in [1.807, 2.05) is 36.6 Å².